The molecule has 2 unspecified atom stereocenters. The molecule has 8 nitrogen and oxygen atoms in total. The molecule has 2 aromatic rings. The summed E-state index contributed by atoms with van der Waals surface area (Å²) < 4.78 is 62.9. The quantitative estimate of drug-likeness (QED) is 0.492. The number of nitrogens with zero attached hydrogens (tertiary/aromatic N) is 1. The molecule has 1 heterocycles. The topological polar surface area (TPSA) is 136 Å². The van der Waals surface area contributed by atoms with Crippen molar-refractivity contribution in [1.29, 1.82) is 0 Å². The van der Waals surface area contributed by atoms with Gasteiger partial charge in [0.1, 0.15) is 5.82 Å². The largest absolute Gasteiger partial charge is 0.327 e. The van der Waals surface area contributed by atoms with Crippen LogP contribution in [-0.4, -0.2) is 48.8 Å². The average molecular weight is 503 g/mol. The zero-order chi connectivity index (χ0) is 24.3. The van der Waals surface area contributed by atoms with E-state index in [0.717, 1.165) is 0 Å². The van der Waals surface area contributed by atoms with Gasteiger partial charge >= 0.3 is 0 Å². The highest BCUT2D eigenvalue weighted by Gasteiger charge is 2.35. The van der Waals surface area contributed by atoms with E-state index in [1.807, 2.05) is 0 Å². The van der Waals surface area contributed by atoms with Gasteiger partial charge in [-0.25, -0.2) is 26.7 Å². The van der Waals surface area contributed by atoms with Crippen LogP contribution in [0.1, 0.15) is 12.0 Å². The molecule has 3 rings (SSSR count). The number of sulfonamides is 1. The van der Waals surface area contributed by atoms with Crippen molar-refractivity contribution < 1.29 is 31.2 Å². The molecular weight excluding hydrogens is 481 g/mol. The Balaban J connectivity index is 1.61. The predicted octanol–water partition coefficient (Wildman–Crippen LogP) is 1.55. The highest BCUT2D eigenvalue weighted by atomic mass is 32.2. The number of rotatable bonds is 7. The molecule has 0 saturated carbocycles. The first kappa shape index (κ1) is 25.0. The van der Waals surface area contributed by atoms with Crippen LogP contribution in [0.15, 0.2) is 41.3 Å². The highest BCUT2D eigenvalue weighted by molar-refractivity contribution is 8.00. The van der Waals surface area contributed by atoms with Crippen LogP contribution in [-0.2, 0) is 26.0 Å². The molecule has 1 fully saturated rings. The second-order valence-corrected chi connectivity index (χ2v) is 10.1. The van der Waals surface area contributed by atoms with Crippen molar-refractivity contribution in [3.8, 4) is 0 Å². The number of anilines is 1. The van der Waals surface area contributed by atoms with Crippen LogP contribution in [0.4, 0.5) is 18.9 Å². The predicted molar refractivity (Wildman–Crippen MR) is 117 cm³/mol. The maximum absolute atomic E-state index is 13.8. The Bertz CT molecular complexity index is 1160. The summed E-state index contributed by atoms with van der Waals surface area (Å²) in [5, 5.41) is 6.81. The first-order chi connectivity index (χ1) is 15.5. The molecule has 0 bridgehead atoms. The summed E-state index contributed by atoms with van der Waals surface area (Å²) in [6.45, 7) is 0.290. The van der Waals surface area contributed by atoms with Crippen molar-refractivity contribution in [2.24, 2.45) is 10.9 Å². The van der Waals surface area contributed by atoms with Crippen LogP contribution in [0.5, 0.6) is 0 Å². The van der Waals surface area contributed by atoms with E-state index in [9.17, 15) is 31.2 Å². The third-order valence-corrected chi connectivity index (χ3v) is 7.03. The van der Waals surface area contributed by atoms with Gasteiger partial charge in [-0.2, -0.15) is 0 Å². The van der Waals surface area contributed by atoms with Gasteiger partial charge in [0.15, 0.2) is 17.0 Å². The molecule has 1 aliphatic rings. The number of nitrogens with one attached hydrogen (secondary N) is 1. The van der Waals surface area contributed by atoms with E-state index in [1.165, 1.54) is 40.9 Å². The van der Waals surface area contributed by atoms with Crippen molar-refractivity contribution in [2.75, 3.05) is 17.6 Å². The Hall–Kier alpha value is -2.61. The van der Waals surface area contributed by atoms with Crippen molar-refractivity contribution in [3.63, 3.8) is 0 Å². The lowest BCUT2D eigenvalue weighted by Gasteiger charge is -2.24. The summed E-state index contributed by atoms with van der Waals surface area (Å²) in [5.41, 5.74) is 6.10. The number of hydrogen-bond donors (Lipinski definition) is 3. The van der Waals surface area contributed by atoms with Crippen molar-refractivity contribution in [3.05, 3.63) is 59.4 Å². The lowest BCUT2D eigenvalue weighted by Crippen LogP contribution is -2.44. The van der Waals surface area contributed by atoms with E-state index in [1.54, 1.807) is 0 Å². The lowest BCUT2D eigenvalue weighted by atomic mass is 10.0. The smallest absolute Gasteiger partial charge is 0.257 e. The molecule has 2 amide bonds. The summed E-state index contributed by atoms with van der Waals surface area (Å²) in [5.74, 6) is -3.92. The molecule has 2 aromatic carbocycles. The van der Waals surface area contributed by atoms with Crippen LogP contribution in [0.25, 0.3) is 0 Å². The van der Waals surface area contributed by atoms with E-state index in [0.29, 0.717) is 23.6 Å². The SMILES string of the molecule is NC(CC(=O)N1CCSC1C(=O)Nc1ccc(S(N)(=O)=O)cc1)Cc1cc(F)c(F)cc1F. The van der Waals surface area contributed by atoms with Gasteiger partial charge < -0.3 is 16.0 Å². The monoisotopic (exact) mass is 502 g/mol. The van der Waals surface area contributed by atoms with Gasteiger partial charge in [0, 0.05) is 36.5 Å². The third kappa shape index (κ3) is 6.25. The molecule has 33 heavy (non-hydrogen) atoms. The van der Waals surface area contributed by atoms with Gasteiger partial charge in [0.2, 0.25) is 15.9 Å². The van der Waals surface area contributed by atoms with Gasteiger partial charge in [0.05, 0.1) is 4.90 Å². The third-order valence-electron chi connectivity index (χ3n) is 4.89. The minimum absolute atomic E-state index is 0.112. The fraction of sp³-hybridized carbons (Fsp3) is 0.300. The van der Waals surface area contributed by atoms with Gasteiger partial charge in [-0.05, 0) is 42.3 Å². The van der Waals surface area contributed by atoms with E-state index in [2.05, 4.69) is 5.32 Å². The van der Waals surface area contributed by atoms with Crippen LogP contribution in [0.3, 0.4) is 0 Å². The van der Waals surface area contributed by atoms with Crippen LogP contribution in [0.2, 0.25) is 0 Å². The van der Waals surface area contributed by atoms with E-state index < -0.39 is 50.7 Å². The van der Waals surface area contributed by atoms with Gasteiger partial charge in [-0.15, -0.1) is 11.8 Å². The van der Waals surface area contributed by atoms with Crippen molar-refractivity contribution in [2.45, 2.75) is 29.2 Å². The van der Waals surface area contributed by atoms with Crippen LogP contribution < -0.4 is 16.2 Å². The molecule has 178 valence electrons. The maximum atomic E-state index is 13.8. The first-order valence-corrected chi connectivity index (χ1v) is 12.3. The summed E-state index contributed by atoms with van der Waals surface area (Å²) in [6, 6.07) is 5.48. The molecular formula is C20H21F3N4O4S2. The second kappa shape index (κ2) is 10.1. The summed E-state index contributed by atoms with van der Waals surface area (Å²) >= 11 is 1.24. The van der Waals surface area contributed by atoms with Crippen LogP contribution in [0, 0.1) is 17.5 Å². The number of thioether (sulfide) groups is 1. The molecule has 2 atom stereocenters. The number of benzene rings is 2. The number of hydrogen-bond acceptors (Lipinski definition) is 6. The van der Waals surface area contributed by atoms with Gasteiger partial charge in [-0.3, -0.25) is 9.59 Å². The Kier molecular flexibility index (Phi) is 7.67. The molecule has 1 aliphatic heterocycles. The number of nitrogens with two attached hydrogens (primary N) is 2. The Labute approximate surface area is 192 Å². The average Bonchev–Trinajstić information content (AvgIpc) is 3.22. The Morgan fingerprint density at radius 2 is 1.76 bits per heavy atom. The van der Waals surface area contributed by atoms with Crippen molar-refractivity contribution in [1.82, 2.24) is 4.90 Å². The normalized spacial score (nSPS) is 17.1. The van der Waals surface area contributed by atoms with E-state index in [4.69, 9.17) is 10.9 Å². The van der Waals surface area contributed by atoms with E-state index >= 15 is 0 Å². The summed E-state index contributed by atoms with van der Waals surface area (Å²) in [4.78, 5) is 26.6. The van der Waals surface area contributed by atoms with Gasteiger partial charge in [0.25, 0.3) is 5.91 Å². The zero-order valence-electron chi connectivity index (χ0n) is 17.1. The molecule has 13 heteroatoms. The molecule has 0 aromatic heterocycles. The molecule has 0 spiro atoms. The lowest BCUT2D eigenvalue weighted by molar-refractivity contribution is -0.135. The van der Waals surface area contributed by atoms with E-state index in [-0.39, 0.29) is 29.8 Å². The Morgan fingerprint density at radius 1 is 1.12 bits per heavy atom. The number of halogens is 3. The molecule has 1 saturated heterocycles. The summed E-state index contributed by atoms with van der Waals surface area (Å²) in [7, 11) is -3.87. The van der Waals surface area contributed by atoms with Crippen LogP contribution >= 0.6 is 11.8 Å². The highest BCUT2D eigenvalue weighted by Crippen LogP contribution is 2.27. The standard InChI is InChI=1S/C20H21F3N4O4S2/c21-15-10-17(23)16(22)8-11(15)7-12(24)9-18(28)27-5-6-32-20(27)19(29)26-13-1-3-14(4-2-13)33(25,30)31/h1-4,8,10,12,20H,5-7,9,24H2,(H,26,29)(H2,25,30,31). The minimum atomic E-state index is -3.87. The molecule has 0 radical (unpaired) electrons. The maximum Gasteiger partial charge on any atom is 0.257 e. The summed E-state index contributed by atoms with van der Waals surface area (Å²) in [6.07, 6.45) is -0.422. The van der Waals surface area contributed by atoms with Gasteiger partial charge in [-0.1, -0.05) is 0 Å². The number of carbonyl (C=O) groups excluding carboxylic acids is 2. The number of carbonyl (C=O) groups is 2. The molecule has 0 aliphatic carbocycles. The minimum Gasteiger partial charge on any atom is -0.327 e. The second-order valence-electron chi connectivity index (χ2n) is 7.39. The fourth-order valence-corrected chi connectivity index (χ4v) is 4.94. The number of primary sulfonamides is 1. The first-order valence-electron chi connectivity index (χ1n) is 9.69. The van der Waals surface area contributed by atoms with Crippen molar-refractivity contribution >= 4 is 39.3 Å². The fourth-order valence-electron chi connectivity index (χ4n) is 3.29. The Morgan fingerprint density at radius 3 is 2.39 bits per heavy atom. The molecule has 5 N–H and O–H groups in total. The zero-order valence-corrected chi connectivity index (χ0v) is 18.8. The number of amides is 2.